The molecule has 0 aliphatic rings. The van der Waals surface area contributed by atoms with Crippen molar-refractivity contribution in [3.63, 3.8) is 0 Å². The van der Waals surface area contributed by atoms with E-state index in [1.807, 2.05) is 13.8 Å². The van der Waals surface area contributed by atoms with Gasteiger partial charge in [-0.2, -0.15) is 26.3 Å². The Bertz CT molecular complexity index is 2980. The fourth-order valence-corrected chi connectivity index (χ4v) is 7.25. The third-order valence-electron chi connectivity index (χ3n) is 10.4. The maximum atomic E-state index is 13.6. The summed E-state index contributed by atoms with van der Waals surface area (Å²) in [7, 11) is 0. The van der Waals surface area contributed by atoms with Crippen molar-refractivity contribution in [2.75, 3.05) is 21.3 Å². The number of anilines is 4. The number of aromatic amines is 2. The molecule has 2 unspecified atom stereocenters. The number of rotatable bonds is 10. The molecule has 0 bridgehead atoms. The first-order valence-corrected chi connectivity index (χ1v) is 21.3. The number of carbonyl (C=O) groups excluding carboxylic acids is 2. The normalized spacial score (nSPS) is 12.5. The van der Waals surface area contributed by atoms with E-state index in [2.05, 4.69) is 51.2 Å². The van der Waals surface area contributed by atoms with Gasteiger partial charge < -0.3 is 31.2 Å². The third-order valence-corrected chi connectivity index (χ3v) is 10.4. The minimum Gasteiger partial charge on any atom is -0.358 e. The van der Waals surface area contributed by atoms with Gasteiger partial charge in [0.1, 0.15) is 23.7 Å². The fraction of sp³-hybridized carbons (Fsp3) is 0.250. The average molecular weight is 941 g/mol. The van der Waals surface area contributed by atoms with Crippen LogP contribution in [-0.4, -0.2) is 66.2 Å². The molecule has 6 N–H and O–H groups in total. The molecule has 0 radical (unpaired) electrons. The van der Waals surface area contributed by atoms with Gasteiger partial charge in [0.2, 0.25) is 0 Å². The van der Waals surface area contributed by atoms with Crippen molar-refractivity contribution < 1.29 is 35.9 Å². The fourth-order valence-electron chi connectivity index (χ4n) is 7.25. The maximum absolute atomic E-state index is 13.6. The van der Waals surface area contributed by atoms with Gasteiger partial charge in [-0.3, -0.25) is 29.1 Å². The molecule has 2 atom stereocenters. The van der Waals surface area contributed by atoms with Crippen molar-refractivity contribution in [1.82, 2.24) is 29.9 Å². The predicted octanol–water partition coefficient (Wildman–Crippen LogP) is 10.5. The molecule has 6 aromatic heterocycles. The van der Waals surface area contributed by atoms with E-state index in [-0.39, 0.29) is 39.3 Å². The van der Waals surface area contributed by atoms with Crippen LogP contribution in [0.1, 0.15) is 62.3 Å². The summed E-state index contributed by atoms with van der Waals surface area (Å²) in [6.45, 7) is 9.86. The quantitative estimate of drug-likeness (QED) is 0.0566. The predicted molar refractivity (Wildman–Crippen MR) is 252 cm³/mol. The van der Waals surface area contributed by atoms with E-state index < -0.39 is 53.3 Å². The van der Waals surface area contributed by atoms with E-state index in [1.165, 1.54) is 89.1 Å². The topological polar surface area (TPSA) is 200 Å². The van der Waals surface area contributed by atoms with Crippen molar-refractivity contribution in [2.45, 2.75) is 66.0 Å². The van der Waals surface area contributed by atoms with Crippen molar-refractivity contribution in [3.8, 4) is 0 Å². The summed E-state index contributed by atoms with van der Waals surface area (Å²) >= 11 is 0. The molecule has 68 heavy (non-hydrogen) atoms. The van der Waals surface area contributed by atoms with Crippen molar-refractivity contribution in [1.29, 1.82) is 0 Å². The van der Waals surface area contributed by atoms with E-state index >= 15 is 0 Å². The van der Waals surface area contributed by atoms with Crippen LogP contribution in [0.5, 0.6) is 0 Å². The zero-order chi connectivity index (χ0) is 49.5. The molecule has 0 aliphatic heterocycles. The molecule has 14 nitrogen and oxygen atoms in total. The first-order chi connectivity index (χ1) is 32.3. The van der Waals surface area contributed by atoms with Gasteiger partial charge in [-0.25, -0.2) is 9.97 Å². The molecule has 0 saturated heterocycles. The Morgan fingerprint density at radius 1 is 0.559 bits per heavy atom. The number of alkyl halides is 6. The van der Waals surface area contributed by atoms with Crippen LogP contribution in [0.3, 0.4) is 0 Å². The van der Waals surface area contributed by atoms with Crippen LogP contribution >= 0.6 is 0 Å². The zero-order valence-corrected chi connectivity index (χ0v) is 37.4. The summed E-state index contributed by atoms with van der Waals surface area (Å²) in [5.74, 6) is -2.30. The van der Waals surface area contributed by atoms with E-state index in [4.69, 9.17) is 0 Å². The highest BCUT2D eigenvalue weighted by molar-refractivity contribution is 6.14. The van der Waals surface area contributed by atoms with Crippen LogP contribution < -0.4 is 32.4 Å². The minimum absolute atomic E-state index is 0.00395. The molecule has 20 heteroatoms. The van der Waals surface area contributed by atoms with Crippen LogP contribution in [0.4, 0.5) is 49.4 Å². The number of hydrogen-bond donors (Lipinski definition) is 6. The van der Waals surface area contributed by atoms with Crippen LogP contribution in [-0.2, 0) is 0 Å². The van der Waals surface area contributed by atoms with Crippen molar-refractivity contribution in [3.05, 3.63) is 142 Å². The number of pyridine rings is 6. The van der Waals surface area contributed by atoms with Gasteiger partial charge in [-0.1, -0.05) is 41.5 Å². The van der Waals surface area contributed by atoms with Gasteiger partial charge in [0, 0.05) is 75.7 Å². The molecule has 354 valence electrons. The number of hydrogen-bond acceptors (Lipinski definition) is 10. The molecule has 6 heterocycles. The second kappa shape index (κ2) is 20.7. The van der Waals surface area contributed by atoms with E-state index in [9.17, 15) is 45.5 Å². The van der Waals surface area contributed by atoms with Gasteiger partial charge in [-0.05, 0) is 84.6 Å². The smallest absolute Gasteiger partial charge is 0.358 e. The number of amides is 2. The monoisotopic (exact) mass is 940 g/mol. The number of H-pyrrole nitrogens is 2. The average Bonchev–Trinajstić information content (AvgIpc) is 3.30. The highest BCUT2D eigenvalue weighted by atomic mass is 19.4. The number of halogens is 6. The first-order valence-electron chi connectivity index (χ1n) is 21.3. The van der Waals surface area contributed by atoms with Crippen LogP contribution in [0.2, 0.25) is 0 Å². The third kappa shape index (κ3) is 11.2. The molecule has 8 rings (SSSR count). The molecule has 2 aromatic carbocycles. The highest BCUT2D eigenvalue weighted by Crippen LogP contribution is 2.36. The molecule has 0 fully saturated rings. The van der Waals surface area contributed by atoms with Gasteiger partial charge in [0.05, 0.1) is 27.4 Å². The Hall–Kier alpha value is -7.90. The van der Waals surface area contributed by atoms with Crippen LogP contribution in [0, 0.1) is 11.8 Å². The maximum Gasteiger partial charge on any atom is 0.408 e. The van der Waals surface area contributed by atoms with E-state index in [1.54, 1.807) is 48.5 Å². The summed E-state index contributed by atoms with van der Waals surface area (Å²) in [6, 6.07) is 14.9. The number of nitrogens with zero attached hydrogens (tertiary/aromatic N) is 4. The lowest BCUT2D eigenvalue weighted by molar-refractivity contribution is -0.151. The number of carbonyl (C=O) groups is 2. The standard InChI is InChI=1S/2C23H20F3N5O2.C2H6/c1-12(2)19(23(24,25)26)31-20-15-4-3-14(29-21(32)13-5-8-27-9-6-13)11-16(15)18-17(30-20)7-10-28-22(18)33;1-12(2)19(23(24,25)26)31-20-15-6-5-14(29-21(32)13-4-3-8-27-11-13)10-16(15)18-17(30-20)7-9-28-22(18)33;1-2/h2*3-12,19H,1-2H3,(H,28,33)(H,29,32)(H,30,31);1-2H3. The number of benzene rings is 2. The lowest BCUT2D eigenvalue weighted by Crippen LogP contribution is -2.40. The number of aromatic nitrogens is 6. The number of fused-ring (bicyclic) bond motifs is 6. The first kappa shape index (κ1) is 49.5. The summed E-state index contributed by atoms with van der Waals surface area (Å²) in [5, 5.41) is 12.3. The van der Waals surface area contributed by atoms with Crippen molar-refractivity contribution >= 4 is 78.2 Å². The lowest BCUT2D eigenvalue weighted by Gasteiger charge is -2.26. The Balaban J connectivity index is 0.000000216. The summed E-state index contributed by atoms with van der Waals surface area (Å²) < 4.78 is 81.6. The van der Waals surface area contributed by atoms with Crippen LogP contribution in [0.25, 0.3) is 43.4 Å². The largest absolute Gasteiger partial charge is 0.408 e. The Kier molecular flexibility index (Phi) is 15.1. The summed E-state index contributed by atoms with van der Waals surface area (Å²) in [4.78, 5) is 71.7. The molecule has 8 aromatic rings. The zero-order valence-electron chi connectivity index (χ0n) is 37.4. The Morgan fingerprint density at radius 2 is 1.00 bits per heavy atom. The van der Waals surface area contributed by atoms with Crippen molar-refractivity contribution in [2.24, 2.45) is 11.8 Å². The molecule has 0 aliphatic carbocycles. The summed E-state index contributed by atoms with van der Waals surface area (Å²) in [5.41, 5.74) is 1.05. The van der Waals surface area contributed by atoms with E-state index in [0.717, 1.165) is 0 Å². The Labute approximate surface area is 384 Å². The van der Waals surface area contributed by atoms with E-state index in [0.29, 0.717) is 44.0 Å². The molecule has 0 spiro atoms. The van der Waals surface area contributed by atoms with Gasteiger partial charge in [0.25, 0.3) is 22.9 Å². The second-order valence-electron chi connectivity index (χ2n) is 15.8. The molecular weight excluding hydrogens is 895 g/mol. The summed E-state index contributed by atoms with van der Waals surface area (Å²) in [6.07, 6.45) is -0.317. The minimum atomic E-state index is -4.50. The Morgan fingerprint density at radius 3 is 1.40 bits per heavy atom. The van der Waals surface area contributed by atoms with Gasteiger partial charge in [0.15, 0.2) is 0 Å². The highest BCUT2D eigenvalue weighted by Gasteiger charge is 2.43. The second-order valence-corrected chi connectivity index (χ2v) is 15.8. The van der Waals surface area contributed by atoms with Gasteiger partial charge in [-0.15, -0.1) is 0 Å². The number of nitrogens with one attached hydrogen (secondary N) is 6. The molecular formula is C48H46F6N10O4. The van der Waals surface area contributed by atoms with Crippen LogP contribution in [0.15, 0.2) is 120 Å². The molecule has 0 saturated carbocycles. The lowest BCUT2D eigenvalue weighted by atomic mass is 10.0. The molecule has 2 amide bonds. The van der Waals surface area contributed by atoms with Gasteiger partial charge >= 0.3 is 12.4 Å². The SMILES string of the molecule is CC.CC(C)C(Nc1nc2cc[nH]c(=O)c2c2cc(NC(=O)c3cccnc3)ccc12)C(F)(F)F.CC(C)C(Nc1nc2cc[nH]c(=O)c2c2cc(NC(=O)c3ccncc3)ccc12)C(F)(F)F.